The molecule has 0 aromatic heterocycles. The smallest absolute Gasteiger partial charge is 0.303 e. The van der Waals surface area contributed by atoms with E-state index < -0.39 is 11.4 Å². The van der Waals surface area contributed by atoms with Gasteiger partial charge in [0.1, 0.15) is 0 Å². The molecule has 0 spiro atoms. The number of amides is 1. The second-order valence-electron chi connectivity index (χ2n) is 6.37. The first-order chi connectivity index (χ1) is 9.80. The maximum atomic E-state index is 12.6. The molecule has 0 atom stereocenters. The summed E-state index contributed by atoms with van der Waals surface area (Å²) in [7, 11) is 2.01. The highest BCUT2D eigenvalue weighted by atomic mass is 16.4. The summed E-state index contributed by atoms with van der Waals surface area (Å²) >= 11 is 0. The third-order valence-electron chi connectivity index (χ3n) is 3.80. The zero-order chi connectivity index (χ0) is 15.6. The highest BCUT2D eigenvalue weighted by Crippen LogP contribution is 2.34. The van der Waals surface area contributed by atoms with Crippen molar-refractivity contribution >= 4 is 23.3 Å². The van der Waals surface area contributed by atoms with Gasteiger partial charge < -0.3 is 14.9 Å². The van der Waals surface area contributed by atoms with E-state index >= 15 is 0 Å². The lowest BCUT2D eigenvalue weighted by atomic mass is 9.85. The van der Waals surface area contributed by atoms with E-state index in [1.807, 2.05) is 45.2 Å². The molecule has 2 rings (SSSR count). The first-order valence-electron chi connectivity index (χ1n) is 7.12. The molecule has 1 aromatic carbocycles. The van der Waals surface area contributed by atoms with E-state index in [4.69, 9.17) is 5.11 Å². The Hall–Kier alpha value is -2.04. The minimum absolute atomic E-state index is 0.00582. The number of carbonyl (C=O) groups is 2. The molecule has 1 amide bonds. The van der Waals surface area contributed by atoms with Crippen molar-refractivity contribution in [3.8, 4) is 0 Å². The largest absolute Gasteiger partial charge is 0.481 e. The first-order valence-corrected chi connectivity index (χ1v) is 7.12. The molecule has 0 radical (unpaired) electrons. The molecule has 1 N–H and O–H groups in total. The third-order valence-corrected chi connectivity index (χ3v) is 3.80. The van der Waals surface area contributed by atoms with Crippen molar-refractivity contribution in [2.45, 2.75) is 26.7 Å². The van der Waals surface area contributed by atoms with Gasteiger partial charge in [0.15, 0.2) is 0 Å². The maximum absolute atomic E-state index is 12.6. The molecule has 114 valence electrons. The molecule has 1 aromatic rings. The van der Waals surface area contributed by atoms with Gasteiger partial charge in [0.05, 0.1) is 17.8 Å². The average Bonchev–Trinajstić information content (AvgIpc) is 2.37. The lowest BCUT2D eigenvalue weighted by Gasteiger charge is -2.37. The van der Waals surface area contributed by atoms with E-state index in [2.05, 4.69) is 4.90 Å². The number of likely N-dealkylation sites (N-methyl/N-ethyl adjacent to an activating group) is 1. The molecule has 1 aliphatic rings. The van der Waals surface area contributed by atoms with Gasteiger partial charge in [-0.2, -0.15) is 0 Å². The lowest BCUT2D eigenvalue weighted by Crippen LogP contribution is -2.44. The van der Waals surface area contributed by atoms with Gasteiger partial charge in [-0.15, -0.1) is 0 Å². The Morgan fingerprint density at radius 2 is 1.76 bits per heavy atom. The second kappa shape index (κ2) is 5.76. The summed E-state index contributed by atoms with van der Waals surface area (Å²) in [6, 6.07) is 7.81. The van der Waals surface area contributed by atoms with E-state index in [0.29, 0.717) is 6.54 Å². The fraction of sp³-hybridized carbons (Fsp3) is 0.500. The van der Waals surface area contributed by atoms with Gasteiger partial charge in [-0.1, -0.05) is 26.0 Å². The number of rotatable bonds is 4. The van der Waals surface area contributed by atoms with Crippen molar-refractivity contribution in [1.29, 1.82) is 0 Å². The monoisotopic (exact) mass is 290 g/mol. The van der Waals surface area contributed by atoms with Crippen molar-refractivity contribution in [2.24, 2.45) is 5.41 Å². The van der Waals surface area contributed by atoms with Crippen LogP contribution in [-0.2, 0) is 9.59 Å². The summed E-state index contributed by atoms with van der Waals surface area (Å²) < 4.78 is 0. The number of nitrogens with zero attached hydrogens (tertiary/aromatic N) is 2. The van der Waals surface area contributed by atoms with Crippen LogP contribution in [0, 0.1) is 5.41 Å². The molecule has 0 saturated carbocycles. The SMILES string of the molecule is CN1CCN(C(=O)CC(C)(C)CC(=O)O)c2ccccc21. The summed E-state index contributed by atoms with van der Waals surface area (Å²) in [5, 5.41) is 8.93. The summed E-state index contributed by atoms with van der Waals surface area (Å²) in [6.45, 7) is 5.06. The summed E-state index contributed by atoms with van der Waals surface area (Å²) in [6.07, 6.45) is 0.228. The highest BCUT2D eigenvalue weighted by molar-refractivity contribution is 5.98. The van der Waals surface area contributed by atoms with Gasteiger partial charge in [0, 0.05) is 26.6 Å². The second-order valence-corrected chi connectivity index (χ2v) is 6.37. The number of hydrogen-bond acceptors (Lipinski definition) is 3. The standard InChI is InChI=1S/C16H22N2O3/c1-16(2,11-15(20)21)10-14(19)18-9-8-17(3)12-6-4-5-7-13(12)18/h4-7H,8-11H2,1-3H3,(H,20,21). The predicted molar refractivity (Wildman–Crippen MR) is 82.7 cm³/mol. The molecule has 5 heteroatoms. The average molecular weight is 290 g/mol. The molecular weight excluding hydrogens is 268 g/mol. The van der Waals surface area contributed by atoms with Crippen LogP contribution < -0.4 is 9.80 Å². The number of anilines is 2. The lowest BCUT2D eigenvalue weighted by molar-refractivity contribution is -0.139. The van der Waals surface area contributed by atoms with Gasteiger partial charge in [0.2, 0.25) is 5.91 Å². The van der Waals surface area contributed by atoms with Crippen LogP contribution in [0.1, 0.15) is 26.7 Å². The first kappa shape index (κ1) is 15.4. The quantitative estimate of drug-likeness (QED) is 0.924. The third kappa shape index (κ3) is 3.54. The normalized spacial score (nSPS) is 14.8. The fourth-order valence-corrected chi connectivity index (χ4v) is 2.74. The number of carboxylic acids is 1. The van der Waals surface area contributed by atoms with Crippen molar-refractivity contribution in [2.75, 3.05) is 29.9 Å². The number of carboxylic acid groups (broad SMARTS) is 1. The van der Waals surface area contributed by atoms with E-state index in [-0.39, 0.29) is 18.7 Å². The Bertz CT molecular complexity index is 554. The molecule has 0 fully saturated rings. The van der Waals surface area contributed by atoms with Gasteiger partial charge in [0.25, 0.3) is 0 Å². The van der Waals surface area contributed by atoms with Crippen LogP contribution in [-0.4, -0.2) is 37.1 Å². The van der Waals surface area contributed by atoms with Crippen molar-refractivity contribution in [1.82, 2.24) is 0 Å². The van der Waals surface area contributed by atoms with Gasteiger partial charge in [-0.25, -0.2) is 0 Å². The van der Waals surface area contributed by atoms with E-state index in [1.54, 1.807) is 4.90 Å². The number of para-hydroxylation sites is 2. The molecule has 1 aliphatic heterocycles. The minimum Gasteiger partial charge on any atom is -0.481 e. The van der Waals surface area contributed by atoms with E-state index in [1.165, 1.54) is 0 Å². The minimum atomic E-state index is -0.869. The fourth-order valence-electron chi connectivity index (χ4n) is 2.74. The Balaban J connectivity index is 2.17. The van der Waals surface area contributed by atoms with E-state index in [0.717, 1.165) is 17.9 Å². The van der Waals surface area contributed by atoms with Crippen molar-refractivity contribution < 1.29 is 14.7 Å². The van der Waals surface area contributed by atoms with Crippen LogP contribution in [0.5, 0.6) is 0 Å². The topological polar surface area (TPSA) is 60.9 Å². The van der Waals surface area contributed by atoms with Crippen LogP contribution in [0.3, 0.4) is 0 Å². The Labute approximate surface area is 125 Å². The molecule has 1 heterocycles. The Kier molecular flexibility index (Phi) is 4.21. The van der Waals surface area contributed by atoms with Crippen LogP contribution in [0.4, 0.5) is 11.4 Å². The highest BCUT2D eigenvalue weighted by Gasteiger charge is 2.31. The van der Waals surface area contributed by atoms with Gasteiger partial charge in [-0.05, 0) is 17.5 Å². The number of aliphatic carboxylic acids is 1. The molecule has 21 heavy (non-hydrogen) atoms. The Morgan fingerprint density at radius 3 is 2.38 bits per heavy atom. The summed E-state index contributed by atoms with van der Waals surface area (Å²) in [5.74, 6) is -0.881. The zero-order valence-electron chi connectivity index (χ0n) is 12.8. The van der Waals surface area contributed by atoms with Gasteiger partial charge in [-0.3, -0.25) is 9.59 Å². The molecule has 0 bridgehead atoms. The Morgan fingerprint density at radius 1 is 1.14 bits per heavy atom. The van der Waals surface area contributed by atoms with Crippen LogP contribution in [0.2, 0.25) is 0 Å². The summed E-state index contributed by atoms with van der Waals surface area (Å²) in [4.78, 5) is 27.4. The molecule has 0 aliphatic carbocycles. The number of benzene rings is 1. The maximum Gasteiger partial charge on any atom is 0.303 e. The van der Waals surface area contributed by atoms with Crippen molar-refractivity contribution in [3.05, 3.63) is 24.3 Å². The van der Waals surface area contributed by atoms with E-state index in [9.17, 15) is 9.59 Å². The van der Waals surface area contributed by atoms with Crippen LogP contribution in [0.15, 0.2) is 24.3 Å². The number of fused-ring (bicyclic) bond motifs is 1. The molecule has 5 nitrogen and oxygen atoms in total. The molecular formula is C16H22N2O3. The van der Waals surface area contributed by atoms with Gasteiger partial charge >= 0.3 is 5.97 Å². The summed E-state index contributed by atoms with van der Waals surface area (Å²) in [5.41, 5.74) is 1.40. The molecule has 0 saturated heterocycles. The molecule has 0 unspecified atom stereocenters. The van der Waals surface area contributed by atoms with Crippen LogP contribution >= 0.6 is 0 Å². The zero-order valence-corrected chi connectivity index (χ0v) is 12.8. The number of carbonyl (C=O) groups excluding carboxylic acids is 1. The number of hydrogen-bond donors (Lipinski definition) is 1. The predicted octanol–water partition coefficient (Wildman–Crippen LogP) is 2.36. The van der Waals surface area contributed by atoms with Crippen molar-refractivity contribution in [3.63, 3.8) is 0 Å². The van der Waals surface area contributed by atoms with Crippen LogP contribution in [0.25, 0.3) is 0 Å².